The second kappa shape index (κ2) is 19.3. The first-order chi connectivity index (χ1) is 28.7. The van der Waals surface area contributed by atoms with Crippen LogP contribution in [-0.2, 0) is 27.3 Å². The molecule has 0 bridgehead atoms. The summed E-state index contributed by atoms with van der Waals surface area (Å²) in [6.07, 6.45) is 4.48. The molecule has 2 N–H and O–H groups in total. The van der Waals surface area contributed by atoms with Crippen LogP contribution in [0.2, 0.25) is 0 Å². The van der Waals surface area contributed by atoms with E-state index in [4.69, 9.17) is 9.47 Å². The zero-order valence-corrected chi connectivity index (χ0v) is 33.5. The van der Waals surface area contributed by atoms with Crippen LogP contribution in [0.3, 0.4) is 0 Å². The molecule has 1 saturated heterocycles. The van der Waals surface area contributed by atoms with Crippen LogP contribution in [0.5, 0.6) is 11.5 Å². The summed E-state index contributed by atoms with van der Waals surface area (Å²) in [5.41, 5.74) is 2.68. The average molecular weight is 832 g/mol. The van der Waals surface area contributed by atoms with Crippen LogP contribution in [0.1, 0.15) is 106 Å². The number of fused-ring (bicyclic) bond motifs is 1. The third kappa shape index (κ3) is 10.8. The quantitative estimate of drug-likeness (QED) is 0.129. The second-order valence-electron chi connectivity index (χ2n) is 15.4. The number of alkyl halides is 3. The standard InChI is InChI=1S/C44H48F3N5O8/c1-51(19-4-3-5-20-60-32-15-16-33-34(24-32)43(58)52(42(33)57)36-17-18-38(53)50-41(36)56)39(54)22-28-7-6-8-29(21-28)25-49-40(55)35-23-30(37(59-2)26-48-35)12-9-27-10-13-31(14-11-27)44(45,46)47/h6-9,12,15-16,21,23-24,26-27,31,36H,3-5,10-11,13-14,17-20,22,25H2,1-2H3,(H,49,55)(H,50,53,56)/b12-9+. The molecule has 1 unspecified atom stereocenters. The lowest BCUT2D eigenvalue weighted by Gasteiger charge is -2.28. The molecule has 3 aliphatic rings. The maximum absolute atomic E-state index is 13.1. The van der Waals surface area contributed by atoms with Crippen molar-refractivity contribution < 1.29 is 51.4 Å². The van der Waals surface area contributed by atoms with Crippen LogP contribution in [-0.4, -0.2) is 89.8 Å². The number of aromatic nitrogens is 1. The number of methoxy groups -OCH3 is 1. The van der Waals surface area contributed by atoms with Gasteiger partial charge in [0, 0.05) is 32.1 Å². The molecule has 1 atom stereocenters. The van der Waals surface area contributed by atoms with Crippen molar-refractivity contribution in [3.8, 4) is 11.5 Å². The van der Waals surface area contributed by atoms with Gasteiger partial charge in [-0.25, -0.2) is 4.98 Å². The number of nitrogens with zero attached hydrogens (tertiary/aromatic N) is 3. The minimum absolute atomic E-state index is 0.00286. The van der Waals surface area contributed by atoms with Crippen molar-refractivity contribution in [2.24, 2.45) is 11.8 Å². The number of unbranched alkanes of at least 4 members (excludes halogenated alkanes) is 2. The molecule has 16 heteroatoms. The van der Waals surface area contributed by atoms with E-state index in [9.17, 15) is 41.9 Å². The first-order valence-electron chi connectivity index (χ1n) is 20.1. The molecule has 1 aliphatic carbocycles. The highest BCUT2D eigenvalue weighted by Gasteiger charge is 2.45. The summed E-state index contributed by atoms with van der Waals surface area (Å²) >= 11 is 0. The number of halogens is 3. The van der Waals surface area contributed by atoms with Crippen molar-refractivity contribution in [1.82, 2.24) is 25.4 Å². The number of benzene rings is 2. The predicted molar refractivity (Wildman–Crippen MR) is 213 cm³/mol. The van der Waals surface area contributed by atoms with Gasteiger partial charge in [0.1, 0.15) is 23.2 Å². The number of ether oxygens (including phenoxy) is 2. The van der Waals surface area contributed by atoms with Crippen molar-refractivity contribution in [3.05, 3.63) is 94.3 Å². The number of imide groups is 2. The molecule has 0 radical (unpaired) electrons. The van der Waals surface area contributed by atoms with Crippen molar-refractivity contribution in [2.45, 2.75) is 83.0 Å². The van der Waals surface area contributed by atoms with Gasteiger partial charge < -0.3 is 19.7 Å². The summed E-state index contributed by atoms with van der Waals surface area (Å²) in [5, 5.41) is 5.04. The monoisotopic (exact) mass is 831 g/mol. The Kier molecular flexibility index (Phi) is 14.0. The van der Waals surface area contributed by atoms with Crippen molar-refractivity contribution in [2.75, 3.05) is 27.3 Å². The fraction of sp³-hybridized carbons (Fsp3) is 0.432. The Labute approximate surface area is 345 Å². The number of carbonyl (C=O) groups excluding carboxylic acids is 6. The Balaban J connectivity index is 0.906. The van der Waals surface area contributed by atoms with E-state index in [-0.39, 0.29) is 67.3 Å². The molecule has 2 aliphatic heterocycles. The minimum atomic E-state index is -4.16. The van der Waals surface area contributed by atoms with Crippen LogP contribution in [0.15, 0.2) is 60.8 Å². The number of hydrogen-bond acceptors (Lipinski definition) is 9. The summed E-state index contributed by atoms with van der Waals surface area (Å²) in [6, 6.07) is 12.5. The van der Waals surface area contributed by atoms with Gasteiger partial charge in [0.15, 0.2) is 0 Å². The molecule has 60 heavy (non-hydrogen) atoms. The van der Waals surface area contributed by atoms with Crippen LogP contribution in [0, 0.1) is 11.8 Å². The van der Waals surface area contributed by atoms with E-state index < -0.39 is 47.7 Å². The van der Waals surface area contributed by atoms with Gasteiger partial charge in [-0.1, -0.05) is 36.4 Å². The summed E-state index contributed by atoms with van der Waals surface area (Å²) in [7, 11) is 3.22. The van der Waals surface area contributed by atoms with Gasteiger partial charge >= 0.3 is 6.18 Å². The molecule has 2 fully saturated rings. The molecule has 6 amide bonds. The van der Waals surface area contributed by atoms with E-state index in [1.54, 1.807) is 30.2 Å². The van der Waals surface area contributed by atoms with Crippen LogP contribution < -0.4 is 20.1 Å². The average Bonchev–Trinajstić information content (AvgIpc) is 3.47. The number of hydrogen-bond donors (Lipinski definition) is 2. The lowest BCUT2D eigenvalue weighted by molar-refractivity contribution is -0.183. The molecule has 13 nitrogen and oxygen atoms in total. The lowest BCUT2D eigenvalue weighted by Crippen LogP contribution is -2.54. The third-order valence-electron chi connectivity index (χ3n) is 11.2. The van der Waals surface area contributed by atoms with Gasteiger partial charge in [0.25, 0.3) is 17.7 Å². The summed E-state index contributed by atoms with van der Waals surface area (Å²) in [6.45, 7) is 1.08. The normalized spacial score (nSPS) is 19.3. The fourth-order valence-electron chi connectivity index (χ4n) is 7.68. The molecule has 3 heterocycles. The van der Waals surface area contributed by atoms with Gasteiger partial charge in [-0.05, 0) is 92.7 Å². The maximum atomic E-state index is 13.1. The number of rotatable bonds is 16. The van der Waals surface area contributed by atoms with Gasteiger partial charge in [-0.2, -0.15) is 13.2 Å². The molecule has 0 spiro atoms. The largest absolute Gasteiger partial charge is 0.495 e. The molecule has 6 rings (SSSR count). The number of piperidine rings is 1. The molecule has 318 valence electrons. The highest BCUT2D eigenvalue weighted by Crippen LogP contribution is 2.40. The maximum Gasteiger partial charge on any atom is 0.391 e. The Bertz CT molecular complexity index is 2150. The number of likely N-dealkylation sites (N-methyl/N-ethyl adjacent to an activating group) is 1. The highest BCUT2D eigenvalue weighted by atomic mass is 19.4. The summed E-state index contributed by atoms with van der Waals surface area (Å²) in [5.74, 6) is -3.16. The van der Waals surface area contributed by atoms with Gasteiger partial charge in [-0.15, -0.1) is 0 Å². The molecule has 2 aromatic carbocycles. The molecular weight excluding hydrogens is 784 g/mol. The molecule has 1 saturated carbocycles. The van der Waals surface area contributed by atoms with E-state index in [1.165, 1.54) is 25.4 Å². The number of carbonyl (C=O) groups is 6. The minimum Gasteiger partial charge on any atom is -0.495 e. The lowest BCUT2D eigenvalue weighted by atomic mass is 9.81. The number of pyridine rings is 1. The van der Waals surface area contributed by atoms with Gasteiger partial charge in [-0.3, -0.25) is 39.0 Å². The molecule has 3 aromatic rings. The smallest absolute Gasteiger partial charge is 0.391 e. The van der Waals surface area contributed by atoms with Crippen LogP contribution >= 0.6 is 0 Å². The zero-order valence-electron chi connectivity index (χ0n) is 33.5. The third-order valence-corrected chi connectivity index (χ3v) is 11.2. The predicted octanol–water partition coefficient (Wildman–Crippen LogP) is 6.05. The second-order valence-corrected chi connectivity index (χ2v) is 15.4. The summed E-state index contributed by atoms with van der Waals surface area (Å²) in [4.78, 5) is 82.7. The van der Waals surface area contributed by atoms with Crippen molar-refractivity contribution in [3.63, 3.8) is 0 Å². The zero-order chi connectivity index (χ0) is 43.0. The first kappa shape index (κ1) is 43.5. The topological polar surface area (TPSA) is 164 Å². The Morgan fingerprint density at radius 3 is 2.43 bits per heavy atom. The van der Waals surface area contributed by atoms with E-state index in [0.29, 0.717) is 49.5 Å². The molecular formula is C44H48F3N5O8. The van der Waals surface area contributed by atoms with E-state index in [2.05, 4.69) is 15.6 Å². The SMILES string of the molecule is COc1cnc(C(=O)NCc2cccc(CC(=O)N(C)CCCCCOc3ccc4c(c3)C(=O)N(C3CCC(=O)NC3=O)C4=O)c2)cc1/C=C/C1CCC(C(F)(F)F)CC1. The molecule has 1 aromatic heterocycles. The number of nitrogens with one attached hydrogen (secondary N) is 2. The van der Waals surface area contributed by atoms with Crippen molar-refractivity contribution >= 4 is 41.5 Å². The van der Waals surface area contributed by atoms with E-state index >= 15 is 0 Å². The number of amides is 6. The summed E-state index contributed by atoms with van der Waals surface area (Å²) < 4.78 is 50.5. The van der Waals surface area contributed by atoms with Crippen molar-refractivity contribution in [1.29, 1.82) is 0 Å². The van der Waals surface area contributed by atoms with Crippen LogP contribution in [0.25, 0.3) is 6.08 Å². The highest BCUT2D eigenvalue weighted by molar-refractivity contribution is 6.23. The first-order valence-corrected chi connectivity index (χ1v) is 20.1. The number of allylic oxidation sites excluding steroid dienone is 1. The fourth-order valence-corrected chi connectivity index (χ4v) is 7.68. The Hall–Kier alpha value is -6.06. The Morgan fingerprint density at radius 2 is 1.70 bits per heavy atom. The Morgan fingerprint density at radius 1 is 0.950 bits per heavy atom. The van der Waals surface area contributed by atoms with E-state index in [0.717, 1.165) is 28.9 Å². The van der Waals surface area contributed by atoms with E-state index in [1.807, 2.05) is 30.3 Å². The van der Waals surface area contributed by atoms with Crippen LogP contribution in [0.4, 0.5) is 13.2 Å². The van der Waals surface area contributed by atoms with Gasteiger partial charge in [0.05, 0.1) is 43.4 Å². The van der Waals surface area contributed by atoms with Gasteiger partial charge in [0.2, 0.25) is 17.7 Å².